The zero-order valence-electron chi connectivity index (χ0n) is 9.78. The highest BCUT2D eigenvalue weighted by Crippen LogP contribution is 2.08. The Kier molecular flexibility index (Phi) is 3.39. The van der Waals surface area contributed by atoms with E-state index in [0.29, 0.717) is 11.1 Å². The number of nitrogens with zero attached hydrogens (tertiary/aromatic N) is 3. The van der Waals surface area contributed by atoms with Gasteiger partial charge in [-0.05, 0) is 17.7 Å². The van der Waals surface area contributed by atoms with Crippen LogP contribution in [0.5, 0.6) is 0 Å². The van der Waals surface area contributed by atoms with Crippen LogP contribution in [0.2, 0.25) is 0 Å². The van der Waals surface area contributed by atoms with E-state index in [4.69, 9.17) is 10.4 Å². The molecule has 1 heterocycles. The van der Waals surface area contributed by atoms with Gasteiger partial charge in [-0.2, -0.15) is 10.4 Å². The molecule has 2 rings (SSSR count). The minimum atomic E-state index is -1.21. The second-order valence-corrected chi connectivity index (χ2v) is 3.79. The van der Waals surface area contributed by atoms with Gasteiger partial charge in [0.05, 0.1) is 18.2 Å². The van der Waals surface area contributed by atoms with Crippen LogP contribution in [-0.4, -0.2) is 20.9 Å². The maximum Gasteiger partial charge on any atom is 0.356 e. The van der Waals surface area contributed by atoms with Crippen LogP contribution in [0.25, 0.3) is 0 Å². The lowest BCUT2D eigenvalue weighted by Crippen LogP contribution is -2.25. The average molecular weight is 255 g/mol. The van der Waals surface area contributed by atoms with Gasteiger partial charge in [-0.1, -0.05) is 18.2 Å². The molecule has 6 heteroatoms. The summed E-state index contributed by atoms with van der Waals surface area (Å²) in [5, 5.41) is 21.5. The Balaban J connectivity index is 2.44. The van der Waals surface area contributed by atoms with Crippen LogP contribution in [-0.2, 0) is 6.54 Å². The smallest absolute Gasteiger partial charge is 0.356 e. The van der Waals surface area contributed by atoms with Gasteiger partial charge in [-0.15, -0.1) is 0 Å². The molecule has 0 saturated carbocycles. The van der Waals surface area contributed by atoms with Crippen molar-refractivity contribution in [2.45, 2.75) is 6.54 Å². The van der Waals surface area contributed by atoms with E-state index in [2.05, 4.69) is 5.10 Å². The highest BCUT2D eigenvalue weighted by Gasteiger charge is 2.09. The monoisotopic (exact) mass is 255 g/mol. The number of benzene rings is 1. The van der Waals surface area contributed by atoms with E-state index in [1.54, 1.807) is 24.3 Å². The predicted octanol–water partition coefficient (Wildman–Crippen LogP) is 0.861. The van der Waals surface area contributed by atoms with Gasteiger partial charge in [0.15, 0.2) is 5.69 Å². The van der Waals surface area contributed by atoms with Crippen molar-refractivity contribution in [3.8, 4) is 6.07 Å². The molecule has 94 valence electrons. The van der Waals surface area contributed by atoms with Gasteiger partial charge in [0.25, 0.3) is 5.56 Å². The molecule has 1 N–H and O–H groups in total. The Bertz CT molecular complexity index is 728. The minimum absolute atomic E-state index is 0.0592. The molecule has 0 aliphatic rings. The fraction of sp³-hybridized carbons (Fsp3) is 0.0769. The second-order valence-electron chi connectivity index (χ2n) is 3.79. The Hall–Kier alpha value is -2.94. The first-order valence-corrected chi connectivity index (χ1v) is 5.41. The third-order valence-corrected chi connectivity index (χ3v) is 2.54. The summed E-state index contributed by atoms with van der Waals surface area (Å²) in [6.07, 6.45) is 0. The maximum atomic E-state index is 11.6. The number of carboxylic acids is 1. The molecule has 1 aromatic heterocycles. The average Bonchev–Trinajstić information content (AvgIpc) is 2.41. The van der Waals surface area contributed by atoms with E-state index in [1.165, 1.54) is 0 Å². The number of hydrogen-bond acceptors (Lipinski definition) is 4. The molecule has 1 aromatic carbocycles. The van der Waals surface area contributed by atoms with Gasteiger partial charge in [0.1, 0.15) is 0 Å². The molecule has 0 radical (unpaired) electrons. The first-order chi connectivity index (χ1) is 9.11. The minimum Gasteiger partial charge on any atom is -0.476 e. The van der Waals surface area contributed by atoms with Crippen LogP contribution in [0.4, 0.5) is 0 Å². The third-order valence-electron chi connectivity index (χ3n) is 2.54. The SMILES string of the molecule is N#Cc1ccccc1Cn1nc(C(=O)O)ccc1=O. The van der Waals surface area contributed by atoms with Gasteiger partial charge in [-0.3, -0.25) is 4.79 Å². The summed E-state index contributed by atoms with van der Waals surface area (Å²) in [5.74, 6) is -1.21. The van der Waals surface area contributed by atoms with Crippen LogP contribution in [0.15, 0.2) is 41.2 Å². The number of aromatic nitrogens is 2. The van der Waals surface area contributed by atoms with Crippen molar-refractivity contribution in [1.29, 1.82) is 5.26 Å². The number of carboxylic acid groups (broad SMARTS) is 1. The quantitative estimate of drug-likeness (QED) is 0.877. The molecule has 0 spiro atoms. The lowest BCUT2D eigenvalue weighted by atomic mass is 10.1. The highest BCUT2D eigenvalue weighted by atomic mass is 16.4. The normalized spacial score (nSPS) is 9.84. The van der Waals surface area contributed by atoms with Crippen molar-refractivity contribution < 1.29 is 9.90 Å². The molecule has 0 saturated heterocycles. The summed E-state index contributed by atoms with van der Waals surface area (Å²) in [4.78, 5) is 22.4. The molecular weight excluding hydrogens is 246 g/mol. The van der Waals surface area contributed by atoms with E-state index in [-0.39, 0.29) is 12.2 Å². The first-order valence-electron chi connectivity index (χ1n) is 5.41. The third kappa shape index (κ3) is 2.66. The fourth-order valence-electron chi connectivity index (χ4n) is 1.60. The zero-order valence-corrected chi connectivity index (χ0v) is 9.78. The summed E-state index contributed by atoms with van der Waals surface area (Å²) >= 11 is 0. The van der Waals surface area contributed by atoms with Crippen molar-refractivity contribution in [2.24, 2.45) is 0 Å². The molecule has 0 bridgehead atoms. The van der Waals surface area contributed by atoms with Crippen LogP contribution < -0.4 is 5.56 Å². The molecule has 0 fully saturated rings. The Morgan fingerprint density at radius 2 is 2.05 bits per heavy atom. The van der Waals surface area contributed by atoms with E-state index in [1.807, 2.05) is 6.07 Å². The number of aromatic carboxylic acids is 1. The van der Waals surface area contributed by atoms with Crippen molar-refractivity contribution >= 4 is 5.97 Å². The summed E-state index contributed by atoms with van der Waals surface area (Å²) in [6.45, 7) is 0.0592. The zero-order chi connectivity index (χ0) is 13.8. The van der Waals surface area contributed by atoms with Gasteiger partial charge >= 0.3 is 5.97 Å². The molecule has 0 aliphatic carbocycles. The number of nitriles is 1. The number of hydrogen-bond donors (Lipinski definition) is 1. The molecule has 0 aliphatic heterocycles. The van der Waals surface area contributed by atoms with Gasteiger partial charge in [0.2, 0.25) is 0 Å². The van der Waals surface area contributed by atoms with Crippen LogP contribution in [0, 0.1) is 11.3 Å². The maximum absolute atomic E-state index is 11.6. The van der Waals surface area contributed by atoms with E-state index in [9.17, 15) is 9.59 Å². The lowest BCUT2D eigenvalue weighted by Gasteiger charge is -2.06. The molecule has 0 unspecified atom stereocenters. The van der Waals surface area contributed by atoms with Crippen LogP contribution in [0.1, 0.15) is 21.6 Å². The van der Waals surface area contributed by atoms with E-state index >= 15 is 0 Å². The first kappa shape index (κ1) is 12.5. The molecular formula is C13H9N3O3. The van der Waals surface area contributed by atoms with Crippen molar-refractivity contribution in [3.05, 3.63) is 63.6 Å². The van der Waals surface area contributed by atoms with Gasteiger partial charge in [0, 0.05) is 6.07 Å². The summed E-state index contributed by atoms with van der Waals surface area (Å²) in [6, 6.07) is 11.1. The lowest BCUT2D eigenvalue weighted by molar-refractivity contribution is 0.0687. The van der Waals surface area contributed by atoms with E-state index < -0.39 is 11.5 Å². The van der Waals surface area contributed by atoms with Gasteiger partial charge < -0.3 is 5.11 Å². The number of carbonyl (C=O) groups is 1. The van der Waals surface area contributed by atoms with Crippen molar-refractivity contribution in [2.75, 3.05) is 0 Å². The summed E-state index contributed by atoms with van der Waals surface area (Å²) in [5.41, 5.74) is 0.408. The van der Waals surface area contributed by atoms with E-state index in [0.717, 1.165) is 16.8 Å². The second kappa shape index (κ2) is 5.14. The van der Waals surface area contributed by atoms with Crippen LogP contribution in [0.3, 0.4) is 0 Å². The summed E-state index contributed by atoms with van der Waals surface area (Å²) in [7, 11) is 0. The molecule has 2 aromatic rings. The summed E-state index contributed by atoms with van der Waals surface area (Å²) < 4.78 is 1.03. The largest absolute Gasteiger partial charge is 0.476 e. The Morgan fingerprint density at radius 3 is 2.74 bits per heavy atom. The van der Waals surface area contributed by atoms with Crippen molar-refractivity contribution in [3.63, 3.8) is 0 Å². The Labute approximate surface area is 108 Å². The standard InChI is InChI=1S/C13H9N3O3/c14-7-9-3-1-2-4-10(9)8-16-12(17)6-5-11(15-16)13(18)19/h1-6H,8H2,(H,18,19). The fourth-order valence-corrected chi connectivity index (χ4v) is 1.60. The van der Waals surface area contributed by atoms with Crippen molar-refractivity contribution in [1.82, 2.24) is 9.78 Å². The highest BCUT2D eigenvalue weighted by molar-refractivity contribution is 5.84. The van der Waals surface area contributed by atoms with Gasteiger partial charge in [-0.25, -0.2) is 9.48 Å². The predicted molar refractivity (Wildman–Crippen MR) is 65.7 cm³/mol. The molecule has 0 atom stereocenters. The molecule has 19 heavy (non-hydrogen) atoms. The molecule has 6 nitrogen and oxygen atoms in total. The topological polar surface area (TPSA) is 96.0 Å². The molecule has 0 amide bonds. The van der Waals surface area contributed by atoms with Crippen LogP contribution >= 0.6 is 0 Å². The Morgan fingerprint density at radius 1 is 1.32 bits per heavy atom. The number of rotatable bonds is 3.